The number of nitrogens with zero attached hydrogens (tertiary/aromatic N) is 5. The molecule has 1 aliphatic rings. The van der Waals surface area contributed by atoms with Gasteiger partial charge in [0.05, 0.1) is 5.69 Å². The number of nitrogens with one attached hydrogen (secondary N) is 1. The molecule has 0 fully saturated rings. The van der Waals surface area contributed by atoms with Gasteiger partial charge in [0.2, 0.25) is 0 Å². The summed E-state index contributed by atoms with van der Waals surface area (Å²) in [6.45, 7) is -0.486. The molecule has 13 nitrogen and oxygen atoms in total. The standard InChI is InChI=1S/C22H24N6O7/c1-28(2)27-24-16-7-3-14(4-8-16)21(31)15-5-9-17(10-6-15)35-13-20(30)23-18(22(32)26-34)11-12-19(29)25-33/h3-5,7-10,15,18H,6,11-13H2,1-2H3,(H,23,30)/b27-24+. The monoisotopic (exact) mass is 484 g/mol. The summed E-state index contributed by atoms with van der Waals surface area (Å²) in [4.78, 5) is 68.0. The molecule has 0 radical (unpaired) electrons. The van der Waals surface area contributed by atoms with Crippen molar-refractivity contribution in [3.63, 3.8) is 0 Å². The summed E-state index contributed by atoms with van der Waals surface area (Å²) in [7, 11) is 3.49. The molecular weight excluding hydrogens is 460 g/mol. The van der Waals surface area contributed by atoms with Crippen molar-refractivity contribution in [2.24, 2.45) is 26.6 Å². The Hall–Kier alpha value is -4.42. The molecular formula is C22H24N6O7. The highest BCUT2D eigenvalue weighted by Crippen LogP contribution is 2.23. The molecule has 0 saturated carbocycles. The van der Waals surface area contributed by atoms with E-state index in [2.05, 4.69) is 26.0 Å². The molecule has 1 N–H and O–H groups in total. The summed E-state index contributed by atoms with van der Waals surface area (Å²) >= 11 is 0. The van der Waals surface area contributed by atoms with Crippen LogP contribution in [0.5, 0.6) is 0 Å². The number of Topliss-reactive ketones (excluding diaryl/α,β-unsaturated/α-hetero) is 1. The number of allylic oxidation sites excluding steroid dienone is 3. The average Bonchev–Trinajstić information content (AvgIpc) is 2.88. The fourth-order valence-corrected chi connectivity index (χ4v) is 2.97. The molecule has 3 amide bonds. The Morgan fingerprint density at radius 2 is 1.83 bits per heavy atom. The van der Waals surface area contributed by atoms with E-state index in [0.717, 1.165) is 0 Å². The summed E-state index contributed by atoms with van der Waals surface area (Å²) in [5, 5.41) is 16.1. The van der Waals surface area contributed by atoms with Gasteiger partial charge >= 0.3 is 5.91 Å². The second-order valence-electron chi connectivity index (χ2n) is 7.62. The predicted molar refractivity (Wildman–Crippen MR) is 123 cm³/mol. The average molecular weight is 484 g/mol. The number of nitroso groups, excluding NO2 is 2. The first-order chi connectivity index (χ1) is 16.7. The predicted octanol–water partition coefficient (Wildman–Crippen LogP) is 2.76. The quantitative estimate of drug-likeness (QED) is 0.204. The lowest BCUT2D eigenvalue weighted by atomic mass is 9.91. The molecule has 0 saturated heterocycles. The minimum atomic E-state index is -1.37. The Morgan fingerprint density at radius 1 is 1.11 bits per heavy atom. The maximum atomic E-state index is 12.7. The molecule has 2 unspecified atom stereocenters. The largest absolute Gasteiger partial charge is 0.484 e. The number of ketones is 1. The number of carbonyl (C=O) groups is 4. The highest BCUT2D eigenvalue weighted by molar-refractivity contribution is 5.99. The summed E-state index contributed by atoms with van der Waals surface area (Å²) in [6.07, 6.45) is 4.50. The first-order valence-corrected chi connectivity index (χ1v) is 10.5. The smallest absolute Gasteiger partial charge is 0.308 e. The van der Waals surface area contributed by atoms with Crippen LogP contribution in [0.15, 0.2) is 68.9 Å². The number of hydrogen-bond donors (Lipinski definition) is 1. The number of rotatable bonds is 12. The fourth-order valence-electron chi connectivity index (χ4n) is 2.97. The summed E-state index contributed by atoms with van der Waals surface area (Å²) in [5.74, 6) is -3.10. The second-order valence-corrected chi connectivity index (χ2v) is 7.62. The maximum Gasteiger partial charge on any atom is 0.308 e. The Morgan fingerprint density at radius 3 is 2.40 bits per heavy atom. The van der Waals surface area contributed by atoms with Crippen LogP contribution in [-0.2, 0) is 19.1 Å². The van der Waals surface area contributed by atoms with E-state index < -0.39 is 42.7 Å². The van der Waals surface area contributed by atoms with Gasteiger partial charge in [0.1, 0.15) is 11.8 Å². The van der Waals surface area contributed by atoms with Gasteiger partial charge in [-0.15, -0.1) is 14.9 Å². The third-order valence-corrected chi connectivity index (χ3v) is 4.74. The highest BCUT2D eigenvalue weighted by atomic mass is 16.5. The Kier molecular flexibility index (Phi) is 10.2. The van der Waals surface area contributed by atoms with Crippen LogP contribution < -0.4 is 5.32 Å². The van der Waals surface area contributed by atoms with E-state index in [1.807, 2.05) is 0 Å². The molecule has 0 bridgehead atoms. The van der Waals surface area contributed by atoms with Crippen molar-refractivity contribution >= 4 is 29.2 Å². The van der Waals surface area contributed by atoms with Crippen LogP contribution in [0, 0.1) is 15.7 Å². The fraction of sp³-hybridized carbons (Fsp3) is 0.364. The van der Waals surface area contributed by atoms with E-state index in [1.54, 1.807) is 61.6 Å². The van der Waals surface area contributed by atoms with Crippen molar-refractivity contribution in [2.45, 2.75) is 25.3 Å². The first kappa shape index (κ1) is 26.8. The van der Waals surface area contributed by atoms with Crippen molar-refractivity contribution in [1.82, 2.24) is 10.3 Å². The van der Waals surface area contributed by atoms with Crippen molar-refractivity contribution in [2.75, 3.05) is 20.7 Å². The molecule has 1 aliphatic carbocycles. The van der Waals surface area contributed by atoms with Crippen LogP contribution >= 0.6 is 0 Å². The van der Waals surface area contributed by atoms with E-state index in [0.29, 0.717) is 23.4 Å². The minimum Gasteiger partial charge on any atom is -0.484 e. The van der Waals surface area contributed by atoms with Crippen LogP contribution in [0.25, 0.3) is 0 Å². The lowest BCUT2D eigenvalue weighted by Crippen LogP contribution is -2.42. The molecule has 2 rings (SSSR count). The van der Waals surface area contributed by atoms with Gasteiger partial charge < -0.3 is 10.1 Å². The maximum absolute atomic E-state index is 12.7. The van der Waals surface area contributed by atoms with Crippen LogP contribution in [0.1, 0.15) is 29.6 Å². The van der Waals surface area contributed by atoms with Gasteiger partial charge in [-0.1, -0.05) is 11.3 Å². The van der Waals surface area contributed by atoms with Gasteiger partial charge in [0.25, 0.3) is 11.8 Å². The molecule has 2 atom stereocenters. The molecule has 0 heterocycles. The highest BCUT2D eigenvalue weighted by Gasteiger charge is 2.24. The summed E-state index contributed by atoms with van der Waals surface area (Å²) in [6, 6.07) is 5.36. The van der Waals surface area contributed by atoms with Crippen molar-refractivity contribution < 1.29 is 23.9 Å². The van der Waals surface area contributed by atoms with Crippen LogP contribution in [0.3, 0.4) is 0 Å². The van der Waals surface area contributed by atoms with E-state index in [4.69, 9.17) is 4.74 Å². The van der Waals surface area contributed by atoms with E-state index in [9.17, 15) is 29.0 Å². The SMILES string of the molecule is CN(C)/N=N/c1ccc(C(=O)C2C=CC(OCC(=O)NC(CCC(=O)N=O)C(=O)N=O)=CC2)cc1. The zero-order chi connectivity index (χ0) is 25.8. The van der Waals surface area contributed by atoms with Crippen molar-refractivity contribution in [1.29, 1.82) is 0 Å². The van der Waals surface area contributed by atoms with Gasteiger partial charge in [-0.25, -0.2) is 0 Å². The molecule has 1 aromatic rings. The summed E-state index contributed by atoms with van der Waals surface area (Å²) < 4.78 is 5.37. The molecule has 184 valence electrons. The zero-order valence-corrected chi connectivity index (χ0v) is 19.1. The van der Waals surface area contributed by atoms with Crippen LogP contribution in [-0.4, -0.2) is 55.3 Å². The molecule has 0 aliphatic heterocycles. The van der Waals surface area contributed by atoms with Gasteiger partial charge in [-0.05, 0) is 49.3 Å². The topological polar surface area (TPSA) is 176 Å². The Bertz CT molecular complexity index is 1060. The van der Waals surface area contributed by atoms with Crippen LogP contribution in [0.4, 0.5) is 5.69 Å². The molecule has 1 aromatic carbocycles. The minimum absolute atomic E-state index is 0.0903. The molecule has 35 heavy (non-hydrogen) atoms. The number of carbonyl (C=O) groups excluding carboxylic acids is 4. The van der Waals surface area contributed by atoms with E-state index >= 15 is 0 Å². The van der Waals surface area contributed by atoms with Gasteiger partial charge in [0, 0.05) is 42.4 Å². The number of amides is 3. The third-order valence-electron chi connectivity index (χ3n) is 4.74. The van der Waals surface area contributed by atoms with Crippen LogP contribution in [0.2, 0.25) is 0 Å². The first-order valence-electron chi connectivity index (χ1n) is 10.5. The Balaban J connectivity index is 1.85. The molecule has 0 spiro atoms. The zero-order valence-electron chi connectivity index (χ0n) is 19.1. The normalized spacial score (nSPS) is 15.6. The van der Waals surface area contributed by atoms with E-state index in [-0.39, 0.29) is 12.2 Å². The van der Waals surface area contributed by atoms with Crippen molar-refractivity contribution in [3.05, 3.63) is 63.6 Å². The number of ether oxygens (including phenoxy) is 1. The second kappa shape index (κ2) is 13.3. The van der Waals surface area contributed by atoms with Gasteiger partial charge in [0.15, 0.2) is 12.4 Å². The van der Waals surface area contributed by atoms with Gasteiger partial charge in [-0.3, -0.25) is 24.2 Å². The number of hydrogen-bond acceptors (Lipinski definition) is 9. The summed E-state index contributed by atoms with van der Waals surface area (Å²) in [5.41, 5.74) is 1.13. The lowest BCUT2D eigenvalue weighted by Gasteiger charge is -2.17. The third kappa shape index (κ3) is 8.79. The van der Waals surface area contributed by atoms with E-state index in [1.165, 1.54) is 0 Å². The Labute approximate surface area is 200 Å². The molecule has 0 aromatic heterocycles. The van der Waals surface area contributed by atoms with Crippen molar-refractivity contribution in [3.8, 4) is 0 Å². The molecule has 13 heteroatoms. The number of benzene rings is 1. The van der Waals surface area contributed by atoms with Gasteiger partial charge in [-0.2, -0.15) is 0 Å². The lowest BCUT2D eigenvalue weighted by molar-refractivity contribution is -0.129.